The molecule has 1 rings (SSSR count). The summed E-state index contributed by atoms with van der Waals surface area (Å²) in [5.41, 5.74) is 4.37. The van der Waals surface area contributed by atoms with Crippen LogP contribution in [0.15, 0.2) is 0 Å². The van der Waals surface area contributed by atoms with Crippen molar-refractivity contribution in [3.63, 3.8) is 0 Å². The second kappa shape index (κ2) is 5.19. The van der Waals surface area contributed by atoms with Crippen LogP contribution in [0.5, 0.6) is 0 Å². The number of hydrogen-bond donors (Lipinski definition) is 1. The molecule has 0 aromatic rings. The van der Waals surface area contributed by atoms with Crippen molar-refractivity contribution in [1.29, 1.82) is 0 Å². The average Bonchev–Trinajstić information content (AvgIpc) is 2.53. The van der Waals surface area contributed by atoms with E-state index in [2.05, 4.69) is 0 Å². The molecule has 0 spiro atoms. The Hall–Kier alpha value is -0.810. The predicted molar refractivity (Wildman–Crippen MR) is 78.4 cm³/mol. The van der Waals surface area contributed by atoms with Gasteiger partial charge >= 0.3 is 6.09 Å². The van der Waals surface area contributed by atoms with E-state index in [1.807, 2.05) is 20.8 Å². The first-order valence-electron chi connectivity index (χ1n) is 6.86. The number of likely N-dealkylation sites (tertiary alicyclic amines) is 1. The van der Waals surface area contributed by atoms with Gasteiger partial charge in [-0.1, -0.05) is 0 Å². The number of nitrogens with two attached hydrogens (primary N) is 1. The number of ether oxygens (including phenoxy) is 1. The Morgan fingerprint density at radius 1 is 1.20 bits per heavy atom. The van der Waals surface area contributed by atoms with E-state index in [-0.39, 0.29) is 9.86 Å². The largest absolute Gasteiger partial charge is 0.517 e. The van der Waals surface area contributed by atoms with Crippen LogP contribution in [0.25, 0.3) is 0 Å². The van der Waals surface area contributed by atoms with Gasteiger partial charge in [0.05, 0.1) is 5.38 Å². The van der Waals surface area contributed by atoms with Crippen LogP contribution in [0.1, 0.15) is 48.0 Å². The third-order valence-corrected chi connectivity index (χ3v) is 4.06. The Kier molecular flexibility index (Phi) is 4.47. The number of amides is 2. The van der Waals surface area contributed by atoms with Gasteiger partial charge in [0.25, 0.3) is 5.91 Å². The molecular formula is C14H26ClN2O3+. The maximum absolute atomic E-state index is 12.8. The van der Waals surface area contributed by atoms with E-state index in [4.69, 9.17) is 22.1 Å². The molecule has 1 unspecified atom stereocenters. The Balaban J connectivity index is 3.30. The standard InChI is InChI=1S/C14H25ClN2O3/c1-13(2,3)17(12(19)20-14(4,5)6)8-9(15)7-10(17)11(16)18/h9-10H,7-8H2,1-6H3,(H-,16,18)/p+1/t9-,10-,17?/m0/s1. The number of rotatable bonds is 1. The molecule has 3 atom stereocenters. The fraction of sp³-hybridized carbons (Fsp3) is 0.857. The van der Waals surface area contributed by atoms with E-state index in [1.54, 1.807) is 20.8 Å². The Labute approximate surface area is 126 Å². The molecule has 0 saturated carbocycles. The normalized spacial score (nSPS) is 31.1. The number of alkyl halides is 1. The van der Waals surface area contributed by atoms with Gasteiger partial charge < -0.3 is 10.5 Å². The summed E-state index contributed by atoms with van der Waals surface area (Å²) in [6.45, 7) is 11.5. The summed E-state index contributed by atoms with van der Waals surface area (Å²) in [5, 5.41) is -0.265. The topological polar surface area (TPSA) is 69.4 Å². The SMILES string of the molecule is CC(C)(C)OC(=O)[N+]1(C(C)(C)C)C[C@@H](Cl)C[C@H]1C(N)=O. The molecule has 1 heterocycles. The maximum atomic E-state index is 12.8. The highest BCUT2D eigenvalue weighted by Gasteiger charge is 2.62. The van der Waals surface area contributed by atoms with E-state index in [0.717, 1.165) is 0 Å². The van der Waals surface area contributed by atoms with Crippen molar-refractivity contribution in [3.05, 3.63) is 0 Å². The van der Waals surface area contributed by atoms with E-state index in [0.29, 0.717) is 13.0 Å². The molecule has 0 radical (unpaired) electrons. The number of primary amides is 1. The smallest absolute Gasteiger partial charge is 0.414 e. The minimum absolute atomic E-state index is 0.145. The molecule has 20 heavy (non-hydrogen) atoms. The van der Waals surface area contributed by atoms with Gasteiger partial charge in [0.15, 0.2) is 6.04 Å². The third kappa shape index (κ3) is 3.09. The highest BCUT2D eigenvalue weighted by molar-refractivity contribution is 6.21. The van der Waals surface area contributed by atoms with Crippen LogP contribution in [0, 0.1) is 0 Å². The van der Waals surface area contributed by atoms with Gasteiger partial charge in [-0.05, 0) is 41.5 Å². The van der Waals surface area contributed by atoms with Gasteiger partial charge in [0.2, 0.25) is 0 Å². The van der Waals surface area contributed by atoms with E-state index >= 15 is 0 Å². The molecule has 6 heteroatoms. The van der Waals surface area contributed by atoms with Crippen LogP contribution in [-0.2, 0) is 9.53 Å². The second-order valence-corrected chi connectivity index (χ2v) is 8.07. The van der Waals surface area contributed by atoms with Crippen LogP contribution < -0.4 is 5.73 Å². The van der Waals surface area contributed by atoms with Crippen LogP contribution in [-0.4, -0.2) is 45.6 Å². The van der Waals surface area contributed by atoms with Gasteiger partial charge in [-0.25, -0.2) is 4.48 Å². The average molecular weight is 306 g/mol. The van der Waals surface area contributed by atoms with Crippen LogP contribution in [0.4, 0.5) is 4.79 Å². The molecule has 5 nitrogen and oxygen atoms in total. The molecule has 2 amide bonds. The highest BCUT2D eigenvalue weighted by atomic mass is 35.5. The van der Waals surface area contributed by atoms with Crippen LogP contribution in [0.2, 0.25) is 0 Å². The second-order valence-electron chi connectivity index (χ2n) is 7.45. The lowest BCUT2D eigenvalue weighted by molar-refractivity contribution is -0.906. The fourth-order valence-corrected chi connectivity index (χ4v) is 3.22. The molecule has 0 aliphatic carbocycles. The summed E-state index contributed by atoms with van der Waals surface area (Å²) in [6, 6.07) is -0.646. The van der Waals surface area contributed by atoms with Crippen molar-refractivity contribution in [2.45, 2.75) is 70.5 Å². The van der Waals surface area contributed by atoms with Gasteiger partial charge in [-0.2, -0.15) is 4.79 Å². The lowest BCUT2D eigenvalue weighted by Crippen LogP contribution is -2.69. The molecule has 1 fully saturated rings. The van der Waals surface area contributed by atoms with Crippen molar-refractivity contribution in [2.75, 3.05) is 6.54 Å². The zero-order valence-corrected chi connectivity index (χ0v) is 14.0. The molecule has 1 aliphatic heterocycles. The summed E-state index contributed by atoms with van der Waals surface area (Å²) in [5.74, 6) is -0.506. The quantitative estimate of drug-likeness (QED) is 0.597. The van der Waals surface area contributed by atoms with Crippen molar-refractivity contribution >= 4 is 23.6 Å². The summed E-state index contributed by atoms with van der Waals surface area (Å²) >= 11 is 6.23. The zero-order valence-electron chi connectivity index (χ0n) is 13.2. The third-order valence-electron chi connectivity index (χ3n) is 3.74. The van der Waals surface area contributed by atoms with E-state index in [9.17, 15) is 9.59 Å². The van der Waals surface area contributed by atoms with Gasteiger partial charge in [-0.3, -0.25) is 4.79 Å². The lowest BCUT2D eigenvalue weighted by atomic mass is 9.99. The first kappa shape index (κ1) is 17.2. The van der Waals surface area contributed by atoms with Crippen LogP contribution >= 0.6 is 11.6 Å². The molecule has 0 bridgehead atoms. The first-order valence-corrected chi connectivity index (χ1v) is 7.29. The molecular weight excluding hydrogens is 280 g/mol. The number of nitrogens with zero attached hydrogens (tertiary/aromatic N) is 1. The molecule has 0 aromatic heterocycles. The minimum Gasteiger partial charge on any atom is -0.414 e. The number of halogens is 1. The summed E-state index contributed by atoms with van der Waals surface area (Å²) in [7, 11) is 0. The maximum Gasteiger partial charge on any atom is 0.517 e. The predicted octanol–water partition coefficient (Wildman–Crippen LogP) is 2.40. The number of carbonyl (C=O) groups excluding carboxylic acids is 2. The Morgan fingerprint density at radius 3 is 2.05 bits per heavy atom. The Bertz CT molecular complexity index is 412. The van der Waals surface area contributed by atoms with Gasteiger partial charge in [-0.15, -0.1) is 11.6 Å². The first-order chi connectivity index (χ1) is 8.81. The Morgan fingerprint density at radius 2 is 1.70 bits per heavy atom. The minimum atomic E-state index is -0.646. The monoisotopic (exact) mass is 305 g/mol. The van der Waals surface area contributed by atoms with Crippen molar-refractivity contribution in [1.82, 2.24) is 0 Å². The van der Waals surface area contributed by atoms with Crippen molar-refractivity contribution in [2.24, 2.45) is 5.73 Å². The molecule has 116 valence electrons. The van der Waals surface area contributed by atoms with Crippen LogP contribution in [0.3, 0.4) is 0 Å². The lowest BCUT2D eigenvalue weighted by Gasteiger charge is -2.45. The summed E-state index contributed by atoms with van der Waals surface area (Å²) < 4.78 is 5.40. The van der Waals surface area contributed by atoms with Gasteiger partial charge in [0, 0.05) is 6.42 Å². The zero-order chi connectivity index (χ0) is 15.9. The summed E-state index contributed by atoms with van der Waals surface area (Å²) in [4.78, 5) is 24.6. The summed E-state index contributed by atoms with van der Waals surface area (Å²) in [6.07, 6.45) is -0.0371. The number of quaternary nitrogens is 1. The fourth-order valence-electron chi connectivity index (χ4n) is 2.83. The van der Waals surface area contributed by atoms with E-state index in [1.165, 1.54) is 0 Å². The molecule has 1 saturated heterocycles. The molecule has 0 aromatic carbocycles. The highest BCUT2D eigenvalue weighted by Crippen LogP contribution is 2.40. The van der Waals surface area contributed by atoms with Gasteiger partial charge in [0.1, 0.15) is 17.7 Å². The van der Waals surface area contributed by atoms with Crippen molar-refractivity contribution < 1.29 is 18.8 Å². The number of carbonyl (C=O) groups is 2. The van der Waals surface area contributed by atoms with Crippen molar-refractivity contribution in [3.8, 4) is 0 Å². The van der Waals surface area contributed by atoms with E-state index < -0.39 is 29.2 Å². The number of hydrogen-bond acceptors (Lipinski definition) is 3. The molecule has 1 aliphatic rings. The molecule has 2 N–H and O–H groups in total.